The van der Waals surface area contributed by atoms with Crippen molar-refractivity contribution in [1.29, 1.82) is 0 Å². The van der Waals surface area contributed by atoms with Crippen molar-refractivity contribution >= 4 is 0 Å². The lowest BCUT2D eigenvalue weighted by atomic mass is 9.71. The Morgan fingerprint density at radius 2 is 1.85 bits per heavy atom. The molecule has 1 aromatic carbocycles. The molecule has 2 nitrogen and oxygen atoms in total. The van der Waals surface area contributed by atoms with Gasteiger partial charge < -0.3 is 10.2 Å². The number of rotatable bonds is 3. The third kappa shape index (κ3) is 2.82. The summed E-state index contributed by atoms with van der Waals surface area (Å²) in [4.78, 5) is 0. The first-order valence-corrected chi connectivity index (χ1v) is 7.22. The van der Waals surface area contributed by atoms with Crippen LogP contribution >= 0.6 is 0 Å². The minimum absolute atomic E-state index is 0.106. The maximum Gasteiger partial charge on any atom is 0.123 e. The van der Waals surface area contributed by atoms with E-state index < -0.39 is 6.67 Å². The van der Waals surface area contributed by atoms with Crippen molar-refractivity contribution in [3.05, 3.63) is 34.9 Å². The minimum Gasteiger partial charge on any atom is -0.507 e. The van der Waals surface area contributed by atoms with Crippen molar-refractivity contribution in [1.82, 2.24) is 0 Å². The number of hydrogen-bond donors (Lipinski definition) is 2. The first-order chi connectivity index (χ1) is 9.43. The second-order valence-corrected chi connectivity index (χ2v) is 6.15. The fraction of sp³-hybridized carbons (Fsp3) is 0.529. The molecule has 2 rings (SSSR count). The lowest BCUT2D eigenvalue weighted by Gasteiger charge is -2.33. The van der Waals surface area contributed by atoms with E-state index in [1.807, 2.05) is 13.0 Å². The Kier molecular flexibility index (Phi) is 4.36. The van der Waals surface area contributed by atoms with Crippen molar-refractivity contribution in [2.75, 3.05) is 6.67 Å². The number of benzene rings is 1. The van der Waals surface area contributed by atoms with E-state index in [0.717, 1.165) is 24.0 Å². The Labute approximate surface area is 120 Å². The van der Waals surface area contributed by atoms with E-state index in [9.17, 15) is 14.6 Å². The molecule has 0 bridgehead atoms. The Hall–Kier alpha value is -1.51. The molecule has 0 saturated heterocycles. The predicted octanol–water partition coefficient (Wildman–Crippen LogP) is 4.45. The molecular formula is C17H23FO2. The molecule has 0 aromatic heterocycles. The van der Waals surface area contributed by atoms with Gasteiger partial charge in [-0.25, -0.2) is 4.39 Å². The van der Waals surface area contributed by atoms with E-state index in [-0.39, 0.29) is 17.4 Å². The van der Waals surface area contributed by atoms with Crippen LogP contribution in [0, 0.1) is 18.8 Å². The van der Waals surface area contributed by atoms with Gasteiger partial charge in [0.15, 0.2) is 0 Å². The first-order valence-electron chi connectivity index (χ1n) is 7.22. The maximum atomic E-state index is 13.0. The SMILES string of the molecule is Cc1cc(O)c(C2C=C(CF)CC[C@H]2C(C)C)c(O)c1. The molecule has 1 aliphatic carbocycles. The van der Waals surface area contributed by atoms with E-state index in [4.69, 9.17) is 0 Å². The number of hydrogen-bond acceptors (Lipinski definition) is 2. The lowest BCUT2D eigenvalue weighted by molar-refractivity contribution is 0.298. The highest BCUT2D eigenvalue weighted by molar-refractivity contribution is 5.50. The van der Waals surface area contributed by atoms with Gasteiger partial charge in [-0.05, 0) is 54.9 Å². The number of aryl methyl sites for hydroxylation is 1. The van der Waals surface area contributed by atoms with Crippen LogP contribution in [-0.2, 0) is 0 Å². The highest BCUT2D eigenvalue weighted by atomic mass is 19.1. The van der Waals surface area contributed by atoms with Gasteiger partial charge in [0.25, 0.3) is 0 Å². The van der Waals surface area contributed by atoms with Crippen LogP contribution in [0.15, 0.2) is 23.8 Å². The maximum absolute atomic E-state index is 13.0. The molecule has 110 valence electrons. The molecule has 0 spiro atoms. The molecule has 0 saturated carbocycles. The van der Waals surface area contributed by atoms with Crippen molar-refractivity contribution in [2.45, 2.75) is 39.5 Å². The fourth-order valence-electron chi connectivity index (χ4n) is 3.25. The lowest BCUT2D eigenvalue weighted by Crippen LogP contribution is -2.22. The summed E-state index contributed by atoms with van der Waals surface area (Å²) < 4.78 is 13.0. The normalized spacial score (nSPS) is 22.9. The zero-order chi connectivity index (χ0) is 14.9. The molecule has 2 N–H and O–H groups in total. The van der Waals surface area contributed by atoms with Crippen LogP contribution in [0.4, 0.5) is 4.39 Å². The average molecular weight is 278 g/mol. The van der Waals surface area contributed by atoms with Gasteiger partial charge >= 0.3 is 0 Å². The average Bonchev–Trinajstić information content (AvgIpc) is 2.37. The van der Waals surface area contributed by atoms with Crippen LogP contribution in [-0.4, -0.2) is 16.9 Å². The second-order valence-electron chi connectivity index (χ2n) is 6.15. The van der Waals surface area contributed by atoms with Crippen LogP contribution in [0.5, 0.6) is 11.5 Å². The van der Waals surface area contributed by atoms with Gasteiger partial charge in [-0.1, -0.05) is 19.9 Å². The van der Waals surface area contributed by atoms with Crippen LogP contribution in [0.3, 0.4) is 0 Å². The molecule has 0 aliphatic heterocycles. The molecule has 0 fully saturated rings. The molecule has 1 unspecified atom stereocenters. The molecule has 1 aromatic rings. The smallest absolute Gasteiger partial charge is 0.123 e. The van der Waals surface area contributed by atoms with Gasteiger partial charge in [0, 0.05) is 11.5 Å². The molecule has 0 radical (unpaired) electrons. The zero-order valence-electron chi connectivity index (χ0n) is 12.4. The third-order valence-corrected chi connectivity index (χ3v) is 4.32. The Morgan fingerprint density at radius 3 is 2.35 bits per heavy atom. The standard InChI is InChI=1S/C17H23FO2/c1-10(2)13-5-4-12(9-18)8-14(13)17-15(19)6-11(3)7-16(17)20/h6-8,10,13-14,19-20H,4-5,9H2,1-3H3/t13-,14?/m0/s1. The summed E-state index contributed by atoms with van der Waals surface area (Å²) in [6.07, 6.45) is 3.56. The number of phenols is 2. The van der Waals surface area contributed by atoms with Crippen molar-refractivity contribution < 1.29 is 14.6 Å². The quantitative estimate of drug-likeness (QED) is 0.802. The van der Waals surface area contributed by atoms with E-state index >= 15 is 0 Å². The molecule has 1 aliphatic rings. The minimum atomic E-state index is -0.450. The highest BCUT2D eigenvalue weighted by Gasteiger charge is 2.31. The third-order valence-electron chi connectivity index (χ3n) is 4.32. The summed E-state index contributed by atoms with van der Waals surface area (Å²) in [6.45, 7) is 5.64. The van der Waals surface area contributed by atoms with Crippen LogP contribution in [0.1, 0.15) is 43.7 Å². The largest absolute Gasteiger partial charge is 0.507 e. The topological polar surface area (TPSA) is 40.5 Å². The van der Waals surface area contributed by atoms with Gasteiger partial charge in [0.1, 0.15) is 18.2 Å². The molecule has 20 heavy (non-hydrogen) atoms. The Bertz CT molecular complexity index is 497. The highest BCUT2D eigenvalue weighted by Crippen LogP contribution is 2.46. The zero-order valence-corrected chi connectivity index (χ0v) is 12.4. The Balaban J connectivity index is 2.51. The molecule has 2 atom stereocenters. The number of phenolic OH excluding ortho intramolecular Hbond substituents is 2. The van der Waals surface area contributed by atoms with Gasteiger partial charge in [0.2, 0.25) is 0 Å². The summed E-state index contributed by atoms with van der Waals surface area (Å²) in [7, 11) is 0. The van der Waals surface area contributed by atoms with E-state index in [1.165, 1.54) is 0 Å². The van der Waals surface area contributed by atoms with Crippen molar-refractivity contribution in [2.24, 2.45) is 11.8 Å². The molecule has 0 amide bonds. The molecule has 0 heterocycles. The summed E-state index contributed by atoms with van der Waals surface area (Å²) in [5.41, 5.74) is 2.13. The van der Waals surface area contributed by atoms with Gasteiger partial charge in [-0.15, -0.1) is 0 Å². The van der Waals surface area contributed by atoms with Crippen LogP contribution < -0.4 is 0 Å². The van der Waals surface area contributed by atoms with E-state index in [1.54, 1.807) is 12.1 Å². The van der Waals surface area contributed by atoms with Gasteiger partial charge in [-0.3, -0.25) is 0 Å². The summed E-state index contributed by atoms with van der Waals surface area (Å²) in [5, 5.41) is 20.4. The summed E-state index contributed by atoms with van der Waals surface area (Å²) >= 11 is 0. The van der Waals surface area contributed by atoms with E-state index in [2.05, 4.69) is 13.8 Å². The van der Waals surface area contributed by atoms with Crippen molar-refractivity contribution in [3.63, 3.8) is 0 Å². The molecule has 3 heteroatoms. The van der Waals surface area contributed by atoms with E-state index in [0.29, 0.717) is 17.4 Å². The van der Waals surface area contributed by atoms with Crippen LogP contribution in [0.2, 0.25) is 0 Å². The van der Waals surface area contributed by atoms with Gasteiger partial charge in [-0.2, -0.15) is 0 Å². The monoisotopic (exact) mass is 278 g/mol. The fourth-order valence-corrected chi connectivity index (χ4v) is 3.25. The Morgan fingerprint density at radius 1 is 1.25 bits per heavy atom. The van der Waals surface area contributed by atoms with Gasteiger partial charge in [0.05, 0.1) is 0 Å². The predicted molar refractivity (Wildman–Crippen MR) is 78.9 cm³/mol. The number of allylic oxidation sites excluding steroid dienone is 2. The summed E-state index contributed by atoms with van der Waals surface area (Å²) in [6, 6.07) is 3.31. The summed E-state index contributed by atoms with van der Waals surface area (Å²) in [5.74, 6) is 0.821. The molecular weight excluding hydrogens is 255 g/mol. The number of aromatic hydroxyl groups is 2. The number of halogens is 1. The first kappa shape index (κ1) is 14.9. The second kappa shape index (κ2) is 5.86. The van der Waals surface area contributed by atoms with Crippen molar-refractivity contribution in [3.8, 4) is 11.5 Å². The van der Waals surface area contributed by atoms with Crippen LogP contribution in [0.25, 0.3) is 0 Å². The number of alkyl halides is 1.